The summed E-state index contributed by atoms with van der Waals surface area (Å²) in [7, 11) is -3.71. The molecule has 31 heavy (non-hydrogen) atoms. The van der Waals surface area contributed by atoms with E-state index in [1.165, 1.54) is 24.6 Å². The van der Waals surface area contributed by atoms with E-state index in [4.69, 9.17) is 0 Å². The highest BCUT2D eigenvalue weighted by molar-refractivity contribution is 7.89. The summed E-state index contributed by atoms with van der Waals surface area (Å²) < 4.78 is 29.5. The topological polar surface area (TPSA) is 95.5 Å². The van der Waals surface area contributed by atoms with Gasteiger partial charge < -0.3 is 10.4 Å². The van der Waals surface area contributed by atoms with Crippen LogP contribution in [0.3, 0.4) is 0 Å². The van der Waals surface area contributed by atoms with E-state index < -0.39 is 10.0 Å². The number of anilines is 1. The molecule has 2 aliphatic rings. The zero-order valence-electron chi connectivity index (χ0n) is 18.0. The van der Waals surface area contributed by atoms with Gasteiger partial charge in [-0.15, -0.1) is 0 Å². The van der Waals surface area contributed by atoms with Gasteiger partial charge in [0.05, 0.1) is 4.90 Å². The molecule has 0 aromatic heterocycles. The predicted molar refractivity (Wildman–Crippen MR) is 121 cm³/mol. The van der Waals surface area contributed by atoms with Crippen LogP contribution >= 0.6 is 0 Å². The number of hydrogen-bond acceptors (Lipinski definition) is 4. The number of nitrogens with one attached hydrogen (secondary N) is 2. The Morgan fingerprint density at radius 2 is 1.90 bits per heavy atom. The Hall–Kier alpha value is -2.38. The molecule has 0 radical (unpaired) electrons. The molecular weight excluding hydrogens is 412 g/mol. The maximum Gasteiger partial charge on any atom is 0.240 e. The monoisotopic (exact) mass is 442 g/mol. The molecule has 2 aliphatic carbocycles. The fourth-order valence-electron chi connectivity index (χ4n) is 5.71. The number of rotatable bonds is 5. The molecule has 4 rings (SSSR count). The van der Waals surface area contributed by atoms with E-state index in [9.17, 15) is 18.3 Å². The fraction of sp³-hybridized carbons (Fsp3) is 0.458. The Labute approximate surface area is 184 Å². The van der Waals surface area contributed by atoms with Crippen LogP contribution in [-0.2, 0) is 26.7 Å². The molecule has 2 aromatic carbocycles. The first-order valence-corrected chi connectivity index (χ1v) is 12.5. The van der Waals surface area contributed by atoms with E-state index >= 15 is 0 Å². The summed E-state index contributed by atoms with van der Waals surface area (Å²) in [5, 5.41) is 12.8. The molecule has 0 heterocycles. The molecule has 2 aromatic rings. The number of amides is 1. The molecule has 0 unspecified atom stereocenters. The lowest BCUT2D eigenvalue weighted by Gasteiger charge is -2.52. The zero-order chi connectivity index (χ0) is 22.2. The van der Waals surface area contributed by atoms with Gasteiger partial charge in [-0.2, -0.15) is 0 Å². The lowest BCUT2D eigenvalue weighted by Crippen LogP contribution is -2.55. The Balaban J connectivity index is 1.66. The van der Waals surface area contributed by atoms with Crippen LogP contribution in [0.1, 0.15) is 57.1 Å². The lowest BCUT2D eigenvalue weighted by molar-refractivity contribution is -0.114. The molecule has 3 N–H and O–H groups in total. The lowest BCUT2D eigenvalue weighted by atomic mass is 9.54. The maximum atomic E-state index is 13.2. The number of carbonyl (C=O) groups is 1. The van der Waals surface area contributed by atoms with Crippen LogP contribution in [0.25, 0.3) is 0 Å². The average Bonchev–Trinajstić information content (AvgIpc) is 2.74. The fourth-order valence-corrected chi connectivity index (χ4v) is 6.99. The molecule has 1 saturated carbocycles. The van der Waals surface area contributed by atoms with E-state index in [-0.39, 0.29) is 33.9 Å². The van der Waals surface area contributed by atoms with Crippen molar-refractivity contribution >= 4 is 21.6 Å². The van der Waals surface area contributed by atoms with Crippen LogP contribution in [0.2, 0.25) is 0 Å². The first-order valence-electron chi connectivity index (χ1n) is 11.0. The van der Waals surface area contributed by atoms with Gasteiger partial charge in [0.2, 0.25) is 15.9 Å². The van der Waals surface area contributed by atoms with Gasteiger partial charge in [-0.25, -0.2) is 13.1 Å². The molecule has 7 heteroatoms. The first-order chi connectivity index (χ1) is 14.7. The quantitative estimate of drug-likeness (QED) is 0.650. The third kappa shape index (κ3) is 4.08. The number of hydrogen-bond donors (Lipinski definition) is 3. The second-order valence-electron chi connectivity index (χ2n) is 8.84. The summed E-state index contributed by atoms with van der Waals surface area (Å²) in [5.41, 5.74) is 2.75. The summed E-state index contributed by atoms with van der Waals surface area (Å²) in [5.74, 6) is 0.261. The first kappa shape index (κ1) is 21.8. The second kappa shape index (κ2) is 8.28. The van der Waals surface area contributed by atoms with Crippen molar-refractivity contribution in [2.24, 2.45) is 5.92 Å². The molecule has 1 amide bonds. The van der Waals surface area contributed by atoms with Crippen molar-refractivity contribution < 1.29 is 18.3 Å². The molecule has 3 atom stereocenters. The minimum Gasteiger partial charge on any atom is -0.508 e. The Morgan fingerprint density at radius 3 is 2.58 bits per heavy atom. The number of phenolic OH excluding ortho intramolecular Hbond substituents is 1. The smallest absolute Gasteiger partial charge is 0.240 e. The van der Waals surface area contributed by atoms with Crippen molar-refractivity contribution in [3.05, 3.63) is 53.6 Å². The van der Waals surface area contributed by atoms with Crippen LogP contribution in [0.15, 0.2) is 47.4 Å². The molecule has 0 saturated heterocycles. The van der Waals surface area contributed by atoms with Gasteiger partial charge in [0.1, 0.15) is 5.75 Å². The summed E-state index contributed by atoms with van der Waals surface area (Å²) in [6, 6.07) is 11.6. The molecule has 1 fully saturated rings. The third-order valence-electron chi connectivity index (χ3n) is 7.08. The number of aromatic hydroxyl groups is 1. The van der Waals surface area contributed by atoms with Gasteiger partial charge in [-0.3, -0.25) is 4.79 Å². The molecule has 0 bridgehead atoms. The maximum absolute atomic E-state index is 13.2. The second-order valence-corrected chi connectivity index (χ2v) is 10.6. The molecule has 6 nitrogen and oxygen atoms in total. The van der Waals surface area contributed by atoms with E-state index in [1.807, 2.05) is 12.1 Å². The zero-order valence-corrected chi connectivity index (χ0v) is 18.8. The standard InChI is InChI=1S/C24H30N2O4S/c1-3-24-13-5-4-6-21(24)23(14-17-7-10-19(28)15-22(17)24)26-31(29,30)20-11-8-18(9-12-20)25-16(2)27/h7-12,15,21,23,26,28H,3-6,13-14H2,1-2H3,(H,25,27)/t21-,23+,24-/m1/s1. The van der Waals surface area contributed by atoms with Gasteiger partial charge >= 0.3 is 0 Å². The van der Waals surface area contributed by atoms with Crippen molar-refractivity contribution in [1.82, 2.24) is 4.72 Å². The molecule has 166 valence electrons. The molecule has 0 aliphatic heterocycles. The number of phenols is 1. The van der Waals surface area contributed by atoms with Crippen molar-refractivity contribution in [2.75, 3.05) is 5.32 Å². The third-order valence-corrected chi connectivity index (χ3v) is 8.58. The van der Waals surface area contributed by atoms with Crippen LogP contribution < -0.4 is 10.0 Å². The summed E-state index contributed by atoms with van der Waals surface area (Å²) in [6.45, 7) is 3.58. The molecular formula is C24H30N2O4S. The van der Waals surface area contributed by atoms with Gasteiger partial charge in [0.25, 0.3) is 0 Å². The number of sulfonamides is 1. The Morgan fingerprint density at radius 1 is 1.16 bits per heavy atom. The number of benzene rings is 2. The minimum atomic E-state index is -3.71. The summed E-state index contributed by atoms with van der Waals surface area (Å²) in [6.07, 6.45) is 5.71. The highest BCUT2D eigenvalue weighted by Gasteiger charge is 2.49. The number of carbonyl (C=O) groups excluding carboxylic acids is 1. The predicted octanol–water partition coefficient (Wildman–Crippen LogP) is 4.09. The van der Waals surface area contributed by atoms with Gasteiger partial charge in [0, 0.05) is 18.7 Å². The van der Waals surface area contributed by atoms with E-state index in [1.54, 1.807) is 18.2 Å². The highest BCUT2D eigenvalue weighted by Crippen LogP contribution is 2.52. The van der Waals surface area contributed by atoms with E-state index in [2.05, 4.69) is 17.0 Å². The van der Waals surface area contributed by atoms with Crippen LogP contribution in [0.4, 0.5) is 5.69 Å². The van der Waals surface area contributed by atoms with Crippen LogP contribution in [0, 0.1) is 5.92 Å². The highest BCUT2D eigenvalue weighted by atomic mass is 32.2. The van der Waals surface area contributed by atoms with Crippen molar-refractivity contribution in [1.29, 1.82) is 0 Å². The normalized spacial score (nSPS) is 25.4. The molecule has 0 spiro atoms. The van der Waals surface area contributed by atoms with Crippen LogP contribution in [-0.4, -0.2) is 25.5 Å². The minimum absolute atomic E-state index is 0.118. The van der Waals surface area contributed by atoms with Crippen molar-refractivity contribution in [2.45, 2.75) is 68.7 Å². The van der Waals surface area contributed by atoms with Gasteiger partial charge in [-0.1, -0.05) is 25.8 Å². The number of fused-ring (bicyclic) bond motifs is 3. The van der Waals surface area contributed by atoms with Crippen LogP contribution in [0.5, 0.6) is 5.75 Å². The van der Waals surface area contributed by atoms with Crippen molar-refractivity contribution in [3.63, 3.8) is 0 Å². The summed E-state index contributed by atoms with van der Waals surface area (Å²) >= 11 is 0. The van der Waals surface area contributed by atoms with E-state index in [0.717, 1.165) is 37.7 Å². The van der Waals surface area contributed by atoms with E-state index in [0.29, 0.717) is 12.1 Å². The van der Waals surface area contributed by atoms with Gasteiger partial charge in [-0.05, 0) is 84.5 Å². The average molecular weight is 443 g/mol. The van der Waals surface area contributed by atoms with Crippen molar-refractivity contribution in [3.8, 4) is 5.75 Å². The SMILES string of the molecule is CC[C@@]12CCCC[C@@H]1[C@@H](NS(=O)(=O)c1ccc(NC(C)=O)cc1)Cc1ccc(O)cc12. The van der Waals surface area contributed by atoms with Gasteiger partial charge in [0.15, 0.2) is 0 Å². The largest absolute Gasteiger partial charge is 0.508 e. The Kier molecular flexibility index (Phi) is 5.83. The summed E-state index contributed by atoms with van der Waals surface area (Å²) in [4.78, 5) is 11.4. The Bertz CT molecular complexity index is 1080.